The average Bonchev–Trinajstić information content (AvgIpc) is 2.47. The van der Waals surface area contributed by atoms with Crippen molar-refractivity contribution in [3.63, 3.8) is 0 Å². The topological polar surface area (TPSA) is 34.5 Å². The zero-order chi connectivity index (χ0) is 8.97. The summed E-state index contributed by atoms with van der Waals surface area (Å²) in [6.07, 6.45) is 0. The van der Waals surface area contributed by atoms with Gasteiger partial charge in [0.2, 0.25) is 0 Å². The van der Waals surface area contributed by atoms with E-state index in [1.807, 2.05) is 12.3 Å². The number of hydrogen-bond acceptors (Lipinski definition) is 5. The third-order valence-corrected chi connectivity index (χ3v) is 2.34. The van der Waals surface area contributed by atoms with Gasteiger partial charge >= 0.3 is 0 Å². The first-order chi connectivity index (χ1) is 5.77. The number of hydrogen-bond donors (Lipinski definition) is 1. The second-order valence-corrected chi connectivity index (χ2v) is 3.51. The second kappa shape index (κ2) is 4.47. The van der Waals surface area contributed by atoms with Crippen molar-refractivity contribution in [3.05, 3.63) is 16.1 Å². The molecule has 3 nitrogen and oxygen atoms in total. The Morgan fingerprint density at radius 3 is 3.00 bits per heavy atom. The first-order valence-corrected chi connectivity index (χ1v) is 4.92. The van der Waals surface area contributed by atoms with E-state index in [4.69, 9.17) is 0 Å². The number of thiol groups is 1. The molecule has 0 fully saturated rings. The molecule has 5 heteroatoms. The van der Waals surface area contributed by atoms with Gasteiger partial charge in [0.15, 0.2) is 0 Å². The van der Waals surface area contributed by atoms with Crippen LogP contribution in [0.3, 0.4) is 0 Å². The van der Waals surface area contributed by atoms with Crippen molar-refractivity contribution >= 4 is 29.7 Å². The lowest BCUT2D eigenvalue weighted by Gasteiger charge is -1.95. The fourth-order valence-corrected chi connectivity index (χ4v) is 1.60. The molecule has 0 amide bonds. The summed E-state index contributed by atoms with van der Waals surface area (Å²) in [6.45, 7) is 1.96. The molecular formula is C7H10N2OS2. The van der Waals surface area contributed by atoms with Crippen LogP contribution in [-0.2, 0) is 4.84 Å². The predicted octanol–water partition coefficient (Wildman–Crippen LogP) is 1.73. The Balaban J connectivity index is 2.87. The van der Waals surface area contributed by atoms with E-state index in [9.17, 15) is 0 Å². The van der Waals surface area contributed by atoms with E-state index in [-0.39, 0.29) is 0 Å². The Labute approximate surface area is 80.9 Å². The van der Waals surface area contributed by atoms with Crippen molar-refractivity contribution in [3.8, 4) is 0 Å². The molecule has 0 bridgehead atoms. The molecular weight excluding hydrogens is 192 g/mol. The minimum Gasteiger partial charge on any atom is -0.399 e. The summed E-state index contributed by atoms with van der Waals surface area (Å²) >= 11 is 5.72. The number of nitrogens with zero attached hydrogens (tertiary/aromatic N) is 2. The summed E-state index contributed by atoms with van der Waals surface area (Å²) in [5.74, 6) is 0.539. The zero-order valence-corrected chi connectivity index (χ0v) is 8.65. The van der Waals surface area contributed by atoms with Gasteiger partial charge < -0.3 is 4.84 Å². The molecule has 0 aromatic carbocycles. The third kappa shape index (κ3) is 2.22. The highest BCUT2D eigenvalue weighted by Crippen LogP contribution is 2.09. The lowest BCUT2D eigenvalue weighted by Crippen LogP contribution is -2.03. The van der Waals surface area contributed by atoms with E-state index in [0.29, 0.717) is 5.75 Å². The Morgan fingerprint density at radius 1 is 1.83 bits per heavy atom. The maximum absolute atomic E-state index is 4.66. The standard InChI is InChI=1S/C7H10N2OS2/c1-5-8-7(4-12-5)6(3-11)9-10-2/h4,11H,3H2,1-2H3/b9-6+. The summed E-state index contributed by atoms with van der Waals surface area (Å²) < 4.78 is 0. The van der Waals surface area contributed by atoms with E-state index < -0.39 is 0 Å². The van der Waals surface area contributed by atoms with Gasteiger partial charge in [-0.05, 0) is 6.92 Å². The number of thiazole rings is 1. The van der Waals surface area contributed by atoms with Crippen LogP contribution in [0.1, 0.15) is 10.7 Å². The van der Waals surface area contributed by atoms with Gasteiger partial charge in [-0.15, -0.1) is 11.3 Å². The normalized spacial score (nSPS) is 11.8. The quantitative estimate of drug-likeness (QED) is 0.460. The van der Waals surface area contributed by atoms with Crippen LogP contribution in [0.2, 0.25) is 0 Å². The van der Waals surface area contributed by atoms with Gasteiger partial charge in [0, 0.05) is 11.1 Å². The molecule has 66 valence electrons. The van der Waals surface area contributed by atoms with Crippen molar-refractivity contribution in [1.29, 1.82) is 0 Å². The maximum atomic E-state index is 4.66. The first-order valence-electron chi connectivity index (χ1n) is 3.41. The summed E-state index contributed by atoms with van der Waals surface area (Å²) in [5, 5.41) is 6.78. The fourth-order valence-electron chi connectivity index (χ4n) is 0.763. The summed E-state index contributed by atoms with van der Waals surface area (Å²) in [7, 11) is 1.52. The molecule has 0 saturated heterocycles. The van der Waals surface area contributed by atoms with Gasteiger partial charge in [-0.2, -0.15) is 12.6 Å². The third-order valence-electron chi connectivity index (χ3n) is 1.27. The van der Waals surface area contributed by atoms with Crippen molar-refractivity contribution in [2.45, 2.75) is 6.92 Å². The molecule has 12 heavy (non-hydrogen) atoms. The number of rotatable bonds is 3. The van der Waals surface area contributed by atoms with Gasteiger partial charge in [-0.3, -0.25) is 0 Å². The molecule has 1 heterocycles. The molecule has 0 aliphatic carbocycles. The van der Waals surface area contributed by atoms with Crippen LogP contribution >= 0.6 is 24.0 Å². The van der Waals surface area contributed by atoms with Gasteiger partial charge in [0.05, 0.1) is 10.7 Å². The van der Waals surface area contributed by atoms with Crippen LogP contribution in [0.5, 0.6) is 0 Å². The number of oxime groups is 1. The Hall–Kier alpha value is -0.550. The average molecular weight is 202 g/mol. The first kappa shape index (κ1) is 9.54. The number of aryl methyl sites for hydroxylation is 1. The molecule has 0 atom stereocenters. The van der Waals surface area contributed by atoms with Crippen LogP contribution < -0.4 is 0 Å². The molecule has 1 aromatic rings. The van der Waals surface area contributed by atoms with E-state index in [1.54, 1.807) is 11.3 Å². The lowest BCUT2D eigenvalue weighted by molar-refractivity contribution is 0.213. The fraction of sp³-hybridized carbons (Fsp3) is 0.429. The van der Waals surface area contributed by atoms with Gasteiger partial charge in [-0.25, -0.2) is 4.98 Å². The highest BCUT2D eigenvalue weighted by atomic mass is 32.1. The van der Waals surface area contributed by atoms with Crippen molar-refractivity contribution in [1.82, 2.24) is 4.98 Å². The van der Waals surface area contributed by atoms with Crippen LogP contribution in [0.15, 0.2) is 10.5 Å². The molecule has 0 unspecified atom stereocenters. The highest BCUT2D eigenvalue weighted by Gasteiger charge is 2.05. The molecule has 0 radical (unpaired) electrons. The summed E-state index contributed by atoms with van der Waals surface area (Å²) in [5.41, 5.74) is 1.62. The van der Waals surface area contributed by atoms with Gasteiger partial charge in [0.1, 0.15) is 12.8 Å². The maximum Gasteiger partial charge on any atom is 0.116 e. The molecule has 0 N–H and O–H groups in total. The van der Waals surface area contributed by atoms with Crippen LogP contribution in [0.4, 0.5) is 0 Å². The Kier molecular flexibility index (Phi) is 3.55. The van der Waals surface area contributed by atoms with Gasteiger partial charge in [-0.1, -0.05) is 5.16 Å². The van der Waals surface area contributed by atoms with Crippen molar-refractivity contribution in [2.75, 3.05) is 12.9 Å². The molecule has 0 spiro atoms. The monoisotopic (exact) mass is 202 g/mol. The summed E-state index contributed by atoms with van der Waals surface area (Å²) in [6, 6.07) is 0. The minimum absolute atomic E-state index is 0.539. The lowest BCUT2D eigenvalue weighted by atomic mass is 10.3. The van der Waals surface area contributed by atoms with E-state index >= 15 is 0 Å². The Bertz CT molecular complexity index is 283. The smallest absolute Gasteiger partial charge is 0.116 e. The van der Waals surface area contributed by atoms with E-state index in [2.05, 4.69) is 27.6 Å². The van der Waals surface area contributed by atoms with Crippen LogP contribution in [0, 0.1) is 6.92 Å². The van der Waals surface area contributed by atoms with Crippen LogP contribution in [-0.4, -0.2) is 23.6 Å². The van der Waals surface area contributed by atoms with Crippen molar-refractivity contribution in [2.24, 2.45) is 5.16 Å². The second-order valence-electron chi connectivity index (χ2n) is 2.13. The largest absolute Gasteiger partial charge is 0.399 e. The number of aromatic nitrogens is 1. The molecule has 0 aliphatic rings. The zero-order valence-electron chi connectivity index (χ0n) is 6.94. The van der Waals surface area contributed by atoms with Crippen LogP contribution in [0.25, 0.3) is 0 Å². The Morgan fingerprint density at radius 2 is 2.58 bits per heavy atom. The molecule has 1 rings (SSSR count). The van der Waals surface area contributed by atoms with E-state index in [0.717, 1.165) is 16.4 Å². The minimum atomic E-state index is 0.539. The SMILES string of the molecule is CO/N=C(\CS)c1csc(C)n1. The molecule has 0 saturated carbocycles. The van der Waals surface area contributed by atoms with Crippen molar-refractivity contribution < 1.29 is 4.84 Å². The molecule has 1 aromatic heterocycles. The molecule has 0 aliphatic heterocycles. The predicted molar refractivity (Wildman–Crippen MR) is 54.3 cm³/mol. The highest BCUT2D eigenvalue weighted by molar-refractivity contribution is 7.81. The van der Waals surface area contributed by atoms with E-state index in [1.165, 1.54) is 7.11 Å². The van der Waals surface area contributed by atoms with Gasteiger partial charge in [0.25, 0.3) is 0 Å². The summed E-state index contributed by atoms with van der Waals surface area (Å²) in [4.78, 5) is 8.92.